The summed E-state index contributed by atoms with van der Waals surface area (Å²) in [6, 6.07) is 8.01. The van der Waals surface area contributed by atoms with Crippen LogP contribution >= 0.6 is 0 Å². The van der Waals surface area contributed by atoms with E-state index >= 15 is 0 Å². The van der Waals surface area contributed by atoms with E-state index < -0.39 is 6.43 Å². The van der Waals surface area contributed by atoms with Gasteiger partial charge in [-0.3, -0.25) is 9.78 Å². The summed E-state index contributed by atoms with van der Waals surface area (Å²) < 4.78 is 25.1. The van der Waals surface area contributed by atoms with Crippen molar-refractivity contribution in [1.82, 2.24) is 15.0 Å². The summed E-state index contributed by atoms with van der Waals surface area (Å²) in [6.07, 6.45) is 0.351. The lowest BCUT2D eigenvalue weighted by Gasteiger charge is -2.04. The minimum absolute atomic E-state index is 0.323. The van der Waals surface area contributed by atoms with Crippen LogP contribution in [0, 0.1) is 0 Å². The number of benzene rings is 1. The second-order valence-electron chi connectivity index (χ2n) is 4.35. The van der Waals surface area contributed by atoms with Crippen LogP contribution in [0.5, 0.6) is 0 Å². The average Bonchev–Trinajstić information content (AvgIpc) is 2.91. The predicted octanol–water partition coefficient (Wildman–Crippen LogP) is 3.15. The number of aromatic amines is 1. The molecule has 1 aromatic carbocycles. The first-order valence-corrected chi connectivity index (χ1v) is 6.12. The second kappa shape index (κ2) is 5.28. The van der Waals surface area contributed by atoms with Crippen LogP contribution in [-0.4, -0.2) is 20.9 Å². The van der Waals surface area contributed by atoms with Crippen molar-refractivity contribution in [1.29, 1.82) is 0 Å². The monoisotopic (exact) mass is 288 g/mol. The average molecular weight is 288 g/mol. The Kier molecular flexibility index (Phi) is 3.31. The summed E-state index contributed by atoms with van der Waals surface area (Å²) >= 11 is 0. The number of alkyl halides is 2. The number of hydrogen-bond acceptors (Lipinski definition) is 3. The first kappa shape index (κ1) is 13.2. The highest BCUT2D eigenvalue weighted by Crippen LogP contribution is 2.22. The molecule has 0 aliphatic rings. The standard InChI is InChI=1S/C14H10F2N4O/c15-12(16)13-19-10-4-3-9(6-11(10)20-13)18-14(21)8-2-1-5-17-7-8/h1-7,12H,(H,18,21)(H,19,20). The van der Waals surface area contributed by atoms with E-state index in [-0.39, 0.29) is 11.7 Å². The third kappa shape index (κ3) is 2.71. The summed E-state index contributed by atoms with van der Waals surface area (Å²) in [5.41, 5.74) is 1.76. The van der Waals surface area contributed by atoms with E-state index in [1.54, 1.807) is 36.5 Å². The lowest BCUT2D eigenvalue weighted by atomic mass is 10.2. The molecule has 3 aromatic rings. The van der Waals surface area contributed by atoms with Gasteiger partial charge in [0.25, 0.3) is 12.3 Å². The van der Waals surface area contributed by atoms with Crippen molar-refractivity contribution in [2.24, 2.45) is 0 Å². The largest absolute Gasteiger partial charge is 0.337 e. The van der Waals surface area contributed by atoms with Gasteiger partial charge in [-0.25, -0.2) is 13.8 Å². The normalized spacial score (nSPS) is 11.0. The Morgan fingerprint density at radius 1 is 1.29 bits per heavy atom. The molecule has 0 saturated carbocycles. The highest BCUT2D eigenvalue weighted by molar-refractivity contribution is 6.04. The van der Waals surface area contributed by atoms with E-state index in [0.717, 1.165) is 0 Å². The van der Waals surface area contributed by atoms with E-state index in [1.165, 1.54) is 6.20 Å². The SMILES string of the molecule is O=C(Nc1ccc2nc(C(F)F)[nH]c2c1)c1cccnc1. The highest BCUT2D eigenvalue weighted by atomic mass is 19.3. The number of anilines is 1. The number of fused-ring (bicyclic) bond motifs is 1. The van der Waals surface area contributed by atoms with Gasteiger partial charge in [-0.15, -0.1) is 0 Å². The summed E-state index contributed by atoms with van der Waals surface area (Å²) in [5.74, 6) is -0.711. The lowest BCUT2D eigenvalue weighted by molar-refractivity contribution is 0.102. The summed E-state index contributed by atoms with van der Waals surface area (Å²) in [6.45, 7) is 0. The van der Waals surface area contributed by atoms with Gasteiger partial charge in [-0.2, -0.15) is 0 Å². The molecular weight excluding hydrogens is 278 g/mol. The molecule has 0 radical (unpaired) electrons. The number of H-pyrrole nitrogens is 1. The van der Waals surface area contributed by atoms with Crippen molar-refractivity contribution in [2.45, 2.75) is 6.43 Å². The van der Waals surface area contributed by atoms with E-state index in [9.17, 15) is 13.6 Å². The number of carbonyl (C=O) groups is 1. The van der Waals surface area contributed by atoms with Crippen LogP contribution in [0.25, 0.3) is 11.0 Å². The van der Waals surface area contributed by atoms with Gasteiger partial charge in [-0.1, -0.05) is 0 Å². The molecule has 7 heteroatoms. The molecule has 2 heterocycles. The van der Waals surface area contributed by atoms with Crippen molar-refractivity contribution >= 4 is 22.6 Å². The molecule has 0 saturated heterocycles. The first-order chi connectivity index (χ1) is 10.1. The lowest BCUT2D eigenvalue weighted by Crippen LogP contribution is -2.11. The maximum atomic E-state index is 12.6. The number of nitrogens with zero attached hydrogens (tertiary/aromatic N) is 2. The zero-order valence-electron chi connectivity index (χ0n) is 10.7. The molecule has 1 amide bonds. The second-order valence-corrected chi connectivity index (χ2v) is 4.35. The van der Waals surface area contributed by atoms with E-state index in [2.05, 4.69) is 20.3 Å². The molecule has 3 rings (SSSR count). The Morgan fingerprint density at radius 2 is 2.14 bits per heavy atom. The van der Waals surface area contributed by atoms with Gasteiger partial charge in [0.15, 0.2) is 5.82 Å². The fraction of sp³-hybridized carbons (Fsp3) is 0.0714. The first-order valence-electron chi connectivity index (χ1n) is 6.12. The number of rotatable bonds is 3. The maximum Gasteiger partial charge on any atom is 0.295 e. The third-order valence-electron chi connectivity index (χ3n) is 2.89. The number of pyridine rings is 1. The Labute approximate surface area is 118 Å². The molecule has 0 fully saturated rings. The Balaban J connectivity index is 1.86. The number of imidazole rings is 1. The quantitative estimate of drug-likeness (QED) is 0.777. The molecule has 106 valence electrons. The van der Waals surface area contributed by atoms with Gasteiger partial charge < -0.3 is 10.3 Å². The zero-order valence-corrected chi connectivity index (χ0v) is 10.7. The van der Waals surface area contributed by atoms with Crippen molar-refractivity contribution in [3.63, 3.8) is 0 Å². The van der Waals surface area contributed by atoms with Crippen LogP contribution < -0.4 is 5.32 Å². The number of carbonyl (C=O) groups excluding carboxylic acids is 1. The third-order valence-corrected chi connectivity index (χ3v) is 2.89. The molecule has 0 aliphatic heterocycles. The highest BCUT2D eigenvalue weighted by Gasteiger charge is 2.13. The molecule has 2 N–H and O–H groups in total. The van der Waals surface area contributed by atoms with Crippen molar-refractivity contribution < 1.29 is 13.6 Å². The van der Waals surface area contributed by atoms with Crippen molar-refractivity contribution in [2.75, 3.05) is 5.32 Å². The number of amides is 1. The van der Waals surface area contributed by atoms with Crippen LogP contribution in [0.3, 0.4) is 0 Å². The molecule has 0 bridgehead atoms. The van der Waals surface area contributed by atoms with Gasteiger partial charge in [0.2, 0.25) is 0 Å². The summed E-state index contributed by atoms with van der Waals surface area (Å²) in [4.78, 5) is 22.1. The minimum Gasteiger partial charge on any atom is -0.337 e. The van der Waals surface area contributed by atoms with Gasteiger partial charge >= 0.3 is 0 Å². The molecule has 0 unspecified atom stereocenters. The Bertz CT molecular complexity index is 786. The van der Waals surface area contributed by atoms with E-state index in [1.807, 2.05) is 0 Å². The number of nitrogens with one attached hydrogen (secondary N) is 2. The van der Waals surface area contributed by atoms with Gasteiger partial charge in [0, 0.05) is 18.1 Å². The maximum absolute atomic E-state index is 12.6. The zero-order chi connectivity index (χ0) is 14.8. The number of aromatic nitrogens is 3. The van der Waals surface area contributed by atoms with Gasteiger partial charge in [0.05, 0.1) is 16.6 Å². The predicted molar refractivity (Wildman–Crippen MR) is 73.2 cm³/mol. The fourth-order valence-electron chi connectivity index (χ4n) is 1.91. The number of hydrogen-bond donors (Lipinski definition) is 2. The van der Waals surface area contributed by atoms with Crippen LogP contribution in [-0.2, 0) is 0 Å². The molecule has 0 atom stereocenters. The van der Waals surface area contributed by atoms with Gasteiger partial charge in [-0.05, 0) is 30.3 Å². The number of halogens is 2. The molecule has 0 spiro atoms. The molecule has 0 aliphatic carbocycles. The van der Waals surface area contributed by atoms with E-state index in [4.69, 9.17) is 0 Å². The molecule has 5 nitrogen and oxygen atoms in total. The summed E-state index contributed by atoms with van der Waals surface area (Å²) in [5, 5.41) is 2.67. The Hall–Kier alpha value is -2.83. The van der Waals surface area contributed by atoms with Crippen LogP contribution in [0.15, 0.2) is 42.7 Å². The van der Waals surface area contributed by atoms with Crippen molar-refractivity contribution in [3.05, 3.63) is 54.1 Å². The fourth-order valence-corrected chi connectivity index (χ4v) is 1.91. The van der Waals surface area contributed by atoms with Gasteiger partial charge in [0.1, 0.15) is 0 Å². The molecular formula is C14H10F2N4O. The summed E-state index contributed by atoms with van der Waals surface area (Å²) in [7, 11) is 0. The van der Waals surface area contributed by atoms with Crippen molar-refractivity contribution in [3.8, 4) is 0 Å². The molecule has 2 aromatic heterocycles. The Morgan fingerprint density at radius 3 is 2.86 bits per heavy atom. The topological polar surface area (TPSA) is 70.7 Å². The minimum atomic E-state index is -2.66. The molecule has 21 heavy (non-hydrogen) atoms. The van der Waals surface area contributed by atoms with Crippen LogP contribution in [0.1, 0.15) is 22.6 Å². The van der Waals surface area contributed by atoms with Crippen LogP contribution in [0.4, 0.5) is 14.5 Å². The van der Waals surface area contributed by atoms with E-state index in [0.29, 0.717) is 22.3 Å². The smallest absolute Gasteiger partial charge is 0.295 e. The van der Waals surface area contributed by atoms with Crippen LogP contribution in [0.2, 0.25) is 0 Å².